The number of hydrogen-bond donors (Lipinski definition) is 1. The molecule has 0 saturated heterocycles. The highest BCUT2D eigenvalue weighted by atomic mass is 28.4. The van der Waals surface area contributed by atoms with Crippen molar-refractivity contribution < 1.29 is 47.4 Å². The molecule has 12 nitrogen and oxygen atoms in total. The molecule has 0 fully saturated rings. The topological polar surface area (TPSA) is 147 Å². The number of rotatable bonds is 9. The zero-order valence-electron chi connectivity index (χ0n) is 31.4. The Hall–Kier alpha value is -3.68. The largest absolute Gasteiger partial charge is 0.514 e. The molecule has 4 atom stereocenters. The van der Waals surface area contributed by atoms with Gasteiger partial charge in [0.25, 0.3) is 5.88 Å². The van der Waals surface area contributed by atoms with Crippen LogP contribution in [0.4, 0.5) is 4.79 Å². The Bertz CT molecular complexity index is 1710. The normalized spacial score (nSPS) is 23.6. The Morgan fingerprint density at radius 1 is 1.10 bits per heavy atom. The number of carbonyl (C=O) groups is 3. The number of Topliss-reactive ketones (excluding diaryl/α,β-unsaturated/α-hetero) is 2. The second-order valence-corrected chi connectivity index (χ2v) is 21.0. The monoisotopic (exact) mass is 712 g/mol. The Balaban J connectivity index is 1.77. The summed E-state index contributed by atoms with van der Waals surface area (Å²) in [5.74, 6) is -1.97. The number of aliphatic hydroxyl groups excluding tert-OH is 1. The first-order valence-electron chi connectivity index (χ1n) is 17.3. The number of aromatic nitrogens is 1. The molecule has 3 aliphatic rings. The summed E-state index contributed by atoms with van der Waals surface area (Å²) in [6.07, 6.45) is 1.19. The molecule has 1 heterocycles. The number of methoxy groups -OCH3 is 1. The number of fused-ring (bicyclic) bond motifs is 4. The van der Waals surface area contributed by atoms with Crippen molar-refractivity contribution in [3.8, 4) is 17.4 Å². The van der Waals surface area contributed by atoms with Gasteiger partial charge in [-0.3, -0.25) is 14.5 Å². The number of allylic oxidation sites excluding steroid dienone is 1. The van der Waals surface area contributed by atoms with Crippen molar-refractivity contribution in [1.82, 2.24) is 10.1 Å². The highest BCUT2D eigenvalue weighted by Gasteiger charge is 2.67. The van der Waals surface area contributed by atoms with Crippen LogP contribution in [0.1, 0.15) is 106 Å². The van der Waals surface area contributed by atoms with E-state index in [0.717, 1.165) is 12.8 Å². The van der Waals surface area contributed by atoms with Crippen LogP contribution in [0.2, 0.25) is 18.1 Å². The third-order valence-corrected chi connectivity index (χ3v) is 14.9. The van der Waals surface area contributed by atoms with E-state index >= 15 is 4.79 Å². The molecule has 3 aliphatic carbocycles. The Morgan fingerprint density at radius 3 is 2.34 bits per heavy atom. The van der Waals surface area contributed by atoms with Crippen molar-refractivity contribution >= 4 is 26.0 Å². The average Bonchev–Trinajstić information content (AvgIpc) is 3.40. The minimum atomic E-state index is -2.87. The van der Waals surface area contributed by atoms with Gasteiger partial charge >= 0.3 is 6.16 Å². The molecule has 0 bridgehead atoms. The second-order valence-electron chi connectivity index (χ2n) is 16.3. The van der Waals surface area contributed by atoms with Gasteiger partial charge in [0.2, 0.25) is 5.78 Å². The highest BCUT2D eigenvalue weighted by Crippen LogP contribution is 2.60. The van der Waals surface area contributed by atoms with E-state index in [2.05, 4.69) is 25.9 Å². The molecular formula is C37H52N2O10Si. The van der Waals surface area contributed by atoms with Gasteiger partial charge in [-0.15, -0.1) is 0 Å². The van der Waals surface area contributed by atoms with Crippen molar-refractivity contribution in [2.75, 3.05) is 27.8 Å². The van der Waals surface area contributed by atoms with Gasteiger partial charge in [0.15, 0.2) is 25.5 Å². The smallest absolute Gasteiger partial charge is 0.508 e. The lowest BCUT2D eigenvalue weighted by Gasteiger charge is -2.55. The number of benzene rings is 1. The predicted molar refractivity (Wildman–Crippen MR) is 188 cm³/mol. The number of ether oxygens (including phenoxy) is 4. The van der Waals surface area contributed by atoms with Crippen molar-refractivity contribution in [2.24, 2.45) is 11.8 Å². The van der Waals surface area contributed by atoms with Crippen molar-refractivity contribution in [2.45, 2.75) is 110 Å². The van der Waals surface area contributed by atoms with E-state index in [9.17, 15) is 14.7 Å². The molecule has 0 saturated carbocycles. The number of aliphatic hydroxyl groups is 1. The first kappa shape index (κ1) is 37.6. The first-order chi connectivity index (χ1) is 23.2. The van der Waals surface area contributed by atoms with Gasteiger partial charge in [-0.25, -0.2) is 4.79 Å². The summed E-state index contributed by atoms with van der Waals surface area (Å²) >= 11 is 0. The SMILES string of the molecule is CCCCOc1noc2c1C(=O)[C@@]1(O[Si](C)(C)C(C)(C)C)C(O)=C3C(=O)c4c(OC(=O)OC(C)(C)C)ccc(OC)c4C[C@H]3C[C@H]1[C@@H]2N(C)C. The molecule has 1 N–H and O–H groups in total. The summed E-state index contributed by atoms with van der Waals surface area (Å²) in [4.78, 5) is 44.8. The van der Waals surface area contributed by atoms with Crippen LogP contribution in [0.25, 0.3) is 0 Å². The molecule has 0 unspecified atom stereocenters. The first-order valence-corrected chi connectivity index (χ1v) is 20.2. The summed E-state index contributed by atoms with van der Waals surface area (Å²) in [6, 6.07) is 2.55. The molecule has 0 amide bonds. The third-order valence-electron chi connectivity index (χ3n) is 10.4. The second kappa shape index (κ2) is 13.1. The third kappa shape index (κ3) is 6.25. The molecule has 50 heavy (non-hydrogen) atoms. The van der Waals surface area contributed by atoms with Gasteiger partial charge in [0.1, 0.15) is 28.4 Å². The fourth-order valence-electron chi connectivity index (χ4n) is 7.14. The zero-order chi connectivity index (χ0) is 37.1. The van der Waals surface area contributed by atoms with Crippen LogP contribution < -0.4 is 14.2 Å². The number of ketones is 2. The summed E-state index contributed by atoms with van der Waals surface area (Å²) in [6.45, 7) is 17.7. The van der Waals surface area contributed by atoms with Crippen LogP contribution in [0.3, 0.4) is 0 Å². The molecule has 13 heteroatoms. The van der Waals surface area contributed by atoms with E-state index in [1.807, 2.05) is 39.0 Å². The van der Waals surface area contributed by atoms with E-state index in [1.165, 1.54) is 13.2 Å². The van der Waals surface area contributed by atoms with Crippen LogP contribution in [-0.2, 0) is 15.6 Å². The van der Waals surface area contributed by atoms with Crippen LogP contribution in [0, 0.1) is 11.8 Å². The minimum Gasteiger partial charge on any atom is -0.508 e. The van der Waals surface area contributed by atoms with Crippen LogP contribution in [0.15, 0.2) is 28.0 Å². The van der Waals surface area contributed by atoms with E-state index in [1.54, 1.807) is 26.8 Å². The Morgan fingerprint density at radius 2 is 1.76 bits per heavy atom. The standard InChI is InChI=1S/C37H52N2O10Si/c1-13-14-17-45-33-27-30(48-38-33)28(39(8)9)22-19-20-18-21-23(44-10)15-16-24(46-34(43)47-35(2,3)4)26(21)29(40)25(20)31(41)37(22,32(27)42)49-50(11,12)36(5,6)7/h15-16,20,22,28,41H,13-14,17-19H2,1-12H3/t20-,22-,28-,37-/m0/s1. The highest BCUT2D eigenvalue weighted by molar-refractivity contribution is 6.74. The van der Waals surface area contributed by atoms with Gasteiger partial charge in [0.05, 0.1) is 25.3 Å². The molecule has 1 aromatic carbocycles. The lowest BCUT2D eigenvalue weighted by atomic mass is 9.58. The lowest BCUT2D eigenvalue weighted by molar-refractivity contribution is -0.0480. The van der Waals surface area contributed by atoms with E-state index in [4.69, 9.17) is 27.9 Å². The van der Waals surface area contributed by atoms with Gasteiger partial charge in [-0.05, 0) is 95.5 Å². The van der Waals surface area contributed by atoms with Gasteiger partial charge in [-0.2, -0.15) is 0 Å². The molecule has 2 aromatic rings. The number of nitrogens with zero attached hydrogens (tertiary/aromatic N) is 2. The fraction of sp³-hybridized carbons (Fsp3) is 0.622. The molecule has 5 rings (SSSR count). The van der Waals surface area contributed by atoms with Crippen LogP contribution in [0.5, 0.6) is 17.4 Å². The van der Waals surface area contributed by atoms with E-state index in [0.29, 0.717) is 30.1 Å². The molecule has 0 radical (unpaired) electrons. The summed E-state index contributed by atoms with van der Waals surface area (Å²) in [5, 5.41) is 16.6. The zero-order valence-corrected chi connectivity index (χ0v) is 32.4. The van der Waals surface area contributed by atoms with Gasteiger partial charge in [0, 0.05) is 17.1 Å². The number of unbranched alkanes of at least 4 members (excludes halogenated alkanes) is 1. The van der Waals surface area contributed by atoms with E-state index < -0.39 is 60.9 Å². The van der Waals surface area contributed by atoms with Crippen LogP contribution >= 0.6 is 0 Å². The molecule has 1 aromatic heterocycles. The number of carbonyl (C=O) groups excluding carboxylic acids is 3. The van der Waals surface area contributed by atoms with Gasteiger partial charge < -0.3 is 33.0 Å². The molecule has 0 aliphatic heterocycles. The fourth-order valence-corrected chi connectivity index (χ4v) is 8.59. The molecule has 0 spiro atoms. The van der Waals surface area contributed by atoms with Gasteiger partial charge in [-0.1, -0.05) is 34.1 Å². The van der Waals surface area contributed by atoms with Crippen molar-refractivity contribution in [3.63, 3.8) is 0 Å². The number of hydrogen-bond acceptors (Lipinski definition) is 12. The quantitative estimate of drug-likeness (QED) is 0.118. The minimum absolute atomic E-state index is 0.0330. The Kier molecular flexibility index (Phi) is 9.87. The van der Waals surface area contributed by atoms with E-state index in [-0.39, 0.29) is 39.8 Å². The maximum absolute atomic E-state index is 15.2. The predicted octanol–water partition coefficient (Wildman–Crippen LogP) is 7.62. The summed E-state index contributed by atoms with van der Waals surface area (Å²) in [7, 11) is 2.39. The Labute approximate surface area is 295 Å². The maximum Gasteiger partial charge on any atom is 0.514 e. The summed E-state index contributed by atoms with van der Waals surface area (Å²) in [5.41, 5.74) is -2.03. The van der Waals surface area contributed by atoms with Crippen molar-refractivity contribution in [1.29, 1.82) is 0 Å². The maximum atomic E-state index is 15.2. The summed E-state index contributed by atoms with van der Waals surface area (Å²) < 4.78 is 35.8. The molecule has 274 valence electrons. The van der Waals surface area contributed by atoms with Crippen LogP contribution in [-0.4, -0.2) is 80.2 Å². The average molecular weight is 713 g/mol. The van der Waals surface area contributed by atoms with Crippen molar-refractivity contribution in [3.05, 3.63) is 45.9 Å². The molecular weight excluding hydrogens is 660 g/mol. The lowest BCUT2D eigenvalue weighted by Crippen LogP contribution is -2.65.